The zero-order chi connectivity index (χ0) is 74.3. The van der Waals surface area contributed by atoms with Gasteiger partial charge in [0.05, 0.1) is 72.2 Å². The highest BCUT2D eigenvalue weighted by Crippen LogP contribution is 2.50. The Morgan fingerprint density at radius 3 is 1.22 bits per heavy atom. The second-order valence-electron chi connectivity index (χ2n) is 30.9. The molecule has 0 spiro atoms. The number of imidazole rings is 4. The van der Waals surface area contributed by atoms with Gasteiger partial charge in [0.25, 0.3) is 20.1 Å². The van der Waals surface area contributed by atoms with Gasteiger partial charge in [0, 0.05) is 49.2 Å². The molecule has 115 heavy (non-hydrogen) atoms. The first kappa shape index (κ1) is 60.5. The summed E-state index contributed by atoms with van der Waals surface area (Å²) in [4.78, 5) is 11.6. The summed E-state index contributed by atoms with van der Waals surface area (Å²) in [5.41, 5.74) is 26.6. The van der Waals surface area contributed by atoms with Gasteiger partial charge >= 0.3 is 0 Å². The molecule has 6 aliphatic rings. The van der Waals surface area contributed by atoms with Crippen LogP contribution in [0.4, 0.5) is 0 Å². The second-order valence-corrected chi connectivity index (χ2v) is 30.9. The van der Waals surface area contributed by atoms with Crippen molar-refractivity contribution in [3.8, 4) is 103 Å². The molecule has 0 amide bonds. The Hall–Kier alpha value is -15.3. The lowest BCUT2D eigenvalue weighted by Crippen LogP contribution is -2.57. The van der Waals surface area contributed by atoms with Gasteiger partial charge < -0.3 is 37.6 Å². The van der Waals surface area contributed by atoms with Gasteiger partial charge in [-0.25, -0.2) is 9.97 Å². The highest BCUT2D eigenvalue weighted by atomic mass is 16.5. The highest BCUT2D eigenvalue weighted by Gasteiger charge is 2.47. The minimum atomic E-state index is -0.290. The van der Waals surface area contributed by atoms with Gasteiger partial charge in [0.15, 0.2) is 0 Å². The van der Waals surface area contributed by atoms with Crippen LogP contribution in [0.2, 0.25) is 0 Å². The van der Waals surface area contributed by atoms with E-state index in [-0.39, 0.29) is 20.1 Å². The monoisotopic (exact) mass is 1470 g/mol. The van der Waals surface area contributed by atoms with Gasteiger partial charge in [-0.3, -0.25) is 17.9 Å². The van der Waals surface area contributed by atoms with E-state index in [0.29, 0.717) is 11.5 Å². The topological polar surface area (TPSA) is 110 Å². The van der Waals surface area contributed by atoms with Crippen LogP contribution in [0.3, 0.4) is 0 Å². The third kappa shape index (κ3) is 7.76. The van der Waals surface area contributed by atoms with Crippen molar-refractivity contribution < 1.29 is 28.4 Å². The molecule has 0 bridgehead atoms. The number of ether oxygens (including phenoxy) is 6. The fourth-order valence-corrected chi connectivity index (χ4v) is 20.6. The van der Waals surface area contributed by atoms with Gasteiger partial charge in [-0.15, -0.1) is 0 Å². The first-order chi connectivity index (χ1) is 57.1. The van der Waals surface area contributed by atoms with Crippen molar-refractivity contribution in [3.63, 3.8) is 0 Å². The van der Waals surface area contributed by atoms with Crippen LogP contribution in [0.25, 0.3) is 133 Å². The van der Waals surface area contributed by atoms with Crippen molar-refractivity contribution in [1.82, 2.24) is 37.0 Å². The molecule has 6 aliphatic heterocycles. The van der Waals surface area contributed by atoms with Gasteiger partial charge in [0.2, 0.25) is 11.6 Å². The molecule has 17 heteroatoms. The summed E-state index contributed by atoms with van der Waals surface area (Å²) in [5, 5.41) is 4.38. The van der Waals surface area contributed by atoms with Crippen LogP contribution in [0.1, 0.15) is 0 Å². The summed E-state index contributed by atoms with van der Waals surface area (Å²) in [6.07, 6.45) is 0. The molecule has 0 fully saturated rings. The van der Waals surface area contributed by atoms with Crippen LogP contribution in [-0.2, 0) is 0 Å². The Morgan fingerprint density at radius 2 is 0.643 bits per heavy atom. The average molecular weight is 1470 g/mol. The molecule has 0 saturated carbocycles. The van der Waals surface area contributed by atoms with Gasteiger partial charge in [-0.05, 0) is 184 Å². The molecule has 28 rings (SSSR count). The third-order valence-electron chi connectivity index (χ3n) is 25.2. The fraction of sp³-hybridized carbons (Fsp3) is 0. The minimum Gasteiger partial charge on any atom is -0.458 e. The van der Waals surface area contributed by atoms with E-state index in [2.05, 4.69) is 336 Å². The van der Waals surface area contributed by atoms with Crippen LogP contribution >= 0.6 is 0 Å². The van der Waals surface area contributed by atoms with Crippen molar-refractivity contribution >= 4 is 169 Å². The maximum absolute atomic E-state index is 7.70. The number of nitrogens with zero attached hydrogens (tertiary/aromatic N) is 8. The second kappa shape index (κ2) is 21.8. The molecule has 16 aromatic carbocycles. The Labute approximate surface area is 654 Å². The number of para-hydroxylation sites is 12. The Morgan fingerprint density at radius 1 is 0.235 bits per heavy atom. The number of aromatic nitrogens is 8. The first-order valence-corrected chi connectivity index (χ1v) is 39.0. The first-order valence-electron chi connectivity index (χ1n) is 39.0. The van der Waals surface area contributed by atoms with Crippen LogP contribution in [-0.4, -0.2) is 57.2 Å². The van der Waals surface area contributed by atoms with Crippen LogP contribution < -0.4 is 77.6 Å². The average Bonchev–Trinajstić information content (AvgIpc) is 1.58. The van der Waals surface area contributed by atoms with Crippen molar-refractivity contribution in [3.05, 3.63) is 322 Å². The number of fused-ring (bicyclic) bond motifs is 30. The molecular weight excluding hydrogens is 1420 g/mol. The molecule has 0 aliphatic carbocycles. The van der Waals surface area contributed by atoms with E-state index in [1.807, 2.05) is 12.1 Å². The standard InChI is InChI=1S/C98H53B3N8O6/c1-2-21-55(22-3-1)104-69-32-12-13-33-70(69)107-73-46-42-59-57-23-5-11-31-68(57)106(91(59)89(73)102-97(104)107)77-49-52-83-88-96(77)115-85-53-54(41-45-65(85)100(88)62-26-7-17-38-79(62)111-83)56-44-50-84-86-93(56)112-80-39-18-9-28-64(80)101(86)66-29-20-36-75(94(66)114-84)109-72-35-15-14-34-71(72)108-74-47-43-60-58-24-4-10-30-67(58)105(92(60)90(74)103-98(108)109)76-48-51-82-87-95(76)113-81-40-19-8-27-63(81)99(87)61-25-6-16-37-78(61)110-82/h1-53H. The number of hydrogen-bond acceptors (Lipinski definition) is 8. The lowest BCUT2D eigenvalue weighted by Gasteiger charge is -2.35. The molecule has 0 saturated heterocycles. The molecule has 0 atom stereocenters. The van der Waals surface area contributed by atoms with E-state index in [1.54, 1.807) is 0 Å². The van der Waals surface area contributed by atoms with Crippen molar-refractivity contribution in [2.24, 2.45) is 0 Å². The van der Waals surface area contributed by atoms with Crippen molar-refractivity contribution in [1.29, 1.82) is 0 Å². The van der Waals surface area contributed by atoms with Crippen LogP contribution in [0.5, 0.6) is 69.0 Å². The van der Waals surface area contributed by atoms with E-state index >= 15 is 0 Å². The molecule has 22 aromatic rings. The minimum absolute atomic E-state index is 0.105. The summed E-state index contributed by atoms with van der Waals surface area (Å²) < 4.78 is 57.4. The van der Waals surface area contributed by atoms with E-state index in [0.717, 1.165) is 240 Å². The van der Waals surface area contributed by atoms with E-state index in [4.69, 9.17) is 38.4 Å². The number of benzene rings is 16. The summed E-state index contributed by atoms with van der Waals surface area (Å²) >= 11 is 0. The van der Waals surface area contributed by atoms with Gasteiger partial charge in [-0.2, -0.15) is 0 Å². The zero-order valence-electron chi connectivity index (χ0n) is 60.9. The maximum Gasteiger partial charge on any atom is 0.260 e. The summed E-state index contributed by atoms with van der Waals surface area (Å²) in [5.74, 6) is 10.8. The third-order valence-corrected chi connectivity index (χ3v) is 25.2. The van der Waals surface area contributed by atoms with Gasteiger partial charge in [0.1, 0.15) is 80.0 Å². The number of rotatable bonds is 5. The lowest BCUT2D eigenvalue weighted by atomic mass is 9.34. The number of hydrogen-bond donors (Lipinski definition) is 0. The molecule has 6 aromatic heterocycles. The Kier molecular flexibility index (Phi) is 11.5. The Bertz CT molecular complexity index is 8240. The van der Waals surface area contributed by atoms with Gasteiger partial charge in [-0.1, -0.05) is 176 Å². The predicted molar refractivity (Wildman–Crippen MR) is 460 cm³/mol. The van der Waals surface area contributed by atoms with Crippen LogP contribution in [0.15, 0.2) is 322 Å². The molecule has 14 nitrogen and oxygen atoms in total. The predicted octanol–water partition coefficient (Wildman–Crippen LogP) is 17.2. The van der Waals surface area contributed by atoms with Crippen molar-refractivity contribution in [2.45, 2.75) is 0 Å². The fourth-order valence-electron chi connectivity index (χ4n) is 20.6. The molecule has 0 unspecified atom stereocenters. The summed E-state index contributed by atoms with van der Waals surface area (Å²) in [7, 11) is 0. The lowest BCUT2D eigenvalue weighted by molar-refractivity contribution is 0.462. The molecule has 0 radical (unpaired) electrons. The summed E-state index contributed by atoms with van der Waals surface area (Å²) in [6, 6.07) is 114. The Balaban J connectivity index is 0.608. The maximum atomic E-state index is 7.70. The SMILES string of the molecule is c1ccc(-n2c3ccccc3n3c4ccc5c6ccccc6n(-c6ccc7c8c6Oc6cc(-c9ccc%10c%11c9Oc9ccccc9B%11c9cccc(-n%11c%12ccccc%12n%12c%13ccc%14c%15ccccc%15n(-c%15ccc%16c%17c%15Oc%15ccccc%15B%17c%15ccccc%15O%16)c%14c%13nc%11%12)c9O%10)ccc6B8c6ccccc6O7)c5c4nc23)cc1. The molecule has 12 heterocycles. The highest BCUT2D eigenvalue weighted by molar-refractivity contribution is 7.00. The largest absolute Gasteiger partial charge is 0.458 e. The van der Waals surface area contributed by atoms with Crippen molar-refractivity contribution in [2.75, 3.05) is 0 Å². The molecule has 530 valence electrons. The molecule has 0 N–H and O–H groups in total. The quantitative estimate of drug-likeness (QED) is 0.157. The van der Waals surface area contributed by atoms with Crippen LogP contribution in [0, 0.1) is 0 Å². The normalized spacial score (nSPS) is 13.6. The molecular formula is C98H53B3N8O6. The van der Waals surface area contributed by atoms with E-state index in [9.17, 15) is 0 Å². The van der Waals surface area contributed by atoms with E-state index in [1.165, 1.54) is 0 Å². The summed E-state index contributed by atoms with van der Waals surface area (Å²) in [6.45, 7) is -0.633. The zero-order valence-corrected chi connectivity index (χ0v) is 60.9. The smallest absolute Gasteiger partial charge is 0.260 e. The van der Waals surface area contributed by atoms with E-state index < -0.39 is 0 Å².